The Hall–Kier alpha value is -2.63. The van der Waals surface area contributed by atoms with E-state index in [1.54, 1.807) is 26.1 Å². The lowest BCUT2D eigenvalue weighted by Crippen LogP contribution is -2.42. The third-order valence-corrected chi connectivity index (χ3v) is 3.39. The zero-order chi connectivity index (χ0) is 15.5. The van der Waals surface area contributed by atoms with Gasteiger partial charge in [-0.25, -0.2) is 0 Å². The van der Waals surface area contributed by atoms with Gasteiger partial charge in [-0.2, -0.15) is 0 Å². The molecule has 0 unspecified atom stereocenters. The van der Waals surface area contributed by atoms with Gasteiger partial charge < -0.3 is 16.3 Å². The zero-order valence-corrected chi connectivity index (χ0v) is 12.0. The van der Waals surface area contributed by atoms with Gasteiger partial charge in [-0.3, -0.25) is 9.78 Å². The minimum atomic E-state index is -0.632. The predicted molar refractivity (Wildman–Crippen MR) is 81.3 cm³/mol. The van der Waals surface area contributed by atoms with E-state index in [1.165, 1.54) is 0 Å². The Kier molecular flexibility index (Phi) is 4.07. The number of nitrogens with zero attached hydrogens (tertiary/aromatic N) is 2. The minimum absolute atomic E-state index is 0.0717. The van der Waals surface area contributed by atoms with E-state index >= 15 is 0 Å². The summed E-state index contributed by atoms with van der Waals surface area (Å²) in [7, 11) is 0. The van der Waals surface area contributed by atoms with Gasteiger partial charge in [-0.1, -0.05) is 37.2 Å². The summed E-state index contributed by atoms with van der Waals surface area (Å²) in [6.07, 6.45) is 1.60. The maximum absolute atomic E-state index is 12.3. The highest BCUT2D eigenvalue weighted by Crippen LogP contribution is 2.17. The van der Waals surface area contributed by atoms with Gasteiger partial charge in [0.1, 0.15) is 5.84 Å². The Bertz CT molecular complexity index is 690. The van der Waals surface area contributed by atoms with Gasteiger partial charge in [0.2, 0.25) is 0 Å². The number of oxime groups is 1. The highest BCUT2D eigenvalue weighted by molar-refractivity contribution is 6.06. The number of amides is 1. The first-order valence-electron chi connectivity index (χ1n) is 6.55. The molecule has 1 aromatic heterocycles. The van der Waals surface area contributed by atoms with Gasteiger partial charge in [-0.15, -0.1) is 0 Å². The summed E-state index contributed by atoms with van der Waals surface area (Å²) in [4.78, 5) is 16.6. The Balaban J connectivity index is 2.20. The fraction of sp³-hybridized carbons (Fsp3) is 0.267. The molecule has 0 atom stereocenters. The van der Waals surface area contributed by atoms with Crippen LogP contribution in [0.3, 0.4) is 0 Å². The fourth-order valence-corrected chi connectivity index (χ4v) is 1.92. The van der Waals surface area contributed by atoms with Crippen LogP contribution in [0, 0.1) is 5.41 Å². The van der Waals surface area contributed by atoms with Crippen molar-refractivity contribution in [3.8, 4) is 0 Å². The highest BCUT2D eigenvalue weighted by atomic mass is 16.4. The van der Waals surface area contributed by atoms with Gasteiger partial charge in [0.15, 0.2) is 0 Å². The van der Waals surface area contributed by atoms with Gasteiger partial charge in [0.25, 0.3) is 5.91 Å². The maximum Gasteiger partial charge on any atom is 0.252 e. The molecule has 0 aliphatic heterocycles. The van der Waals surface area contributed by atoms with Crippen LogP contribution in [0.1, 0.15) is 24.2 Å². The van der Waals surface area contributed by atoms with E-state index in [0.29, 0.717) is 5.56 Å². The van der Waals surface area contributed by atoms with Gasteiger partial charge >= 0.3 is 0 Å². The molecule has 2 rings (SSSR count). The third-order valence-electron chi connectivity index (χ3n) is 3.39. The molecule has 21 heavy (non-hydrogen) atoms. The molecular formula is C15H18N4O2. The molecule has 6 nitrogen and oxygen atoms in total. The van der Waals surface area contributed by atoms with Crippen LogP contribution in [-0.4, -0.2) is 28.5 Å². The second-order valence-corrected chi connectivity index (χ2v) is 5.43. The van der Waals surface area contributed by atoms with E-state index in [2.05, 4.69) is 15.5 Å². The number of amidine groups is 1. The number of nitrogens with one attached hydrogen (secondary N) is 1. The number of carbonyl (C=O) groups is 1. The van der Waals surface area contributed by atoms with E-state index < -0.39 is 5.41 Å². The van der Waals surface area contributed by atoms with Gasteiger partial charge in [0, 0.05) is 23.5 Å². The fourth-order valence-electron chi connectivity index (χ4n) is 1.92. The molecule has 0 fully saturated rings. The molecular weight excluding hydrogens is 268 g/mol. The van der Waals surface area contributed by atoms with Crippen molar-refractivity contribution in [3.63, 3.8) is 0 Å². The van der Waals surface area contributed by atoms with Crippen LogP contribution >= 0.6 is 0 Å². The lowest BCUT2D eigenvalue weighted by Gasteiger charge is -2.23. The molecule has 0 saturated carbocycles. The highest BCUT2D eigenvalue weighted by Gasteiger charge is 2.24. The van der Waals surface area contributed by atoms with Gasteiger partial charge in [-0.05, 0) is 12.1 Å². The predicted octanol–water partition coefficient (Wildman–Crippen LogP) is 1.74. The van der Waals surface area contributed by atoms with E-state index in [0.717, 1.165) is 10.9 Å². The maximum atomic E-state index is 12.3. The molecule has 0 aliphatic rings. The molecule has 6 heteroatoms. The average Bonchev–Trinajstić information content (AvgIpc) is 2.51. The topological polar surface area (TPSA) is 101 Å². The van der Waals surface area contributed by atoms with E-state index in [9.17, 15) is 4.79 Å². The first kappa shape index (κ1) is 14.8. The molecule has 4 N–H and O–H groups in total. The van der Waals surface area contributed by atoms with E-state index in [4.69, 9.17) is 10.9 Å². The molecule has 1 aromatic carbocycles. The van der Waals surface area contributed by atoms with Crippen LogP contribution in [0.5, 0.6) is 0 Å². The molecule has 0 bridgehead atoms. The molecule has 1 heterocycles. The summed E-state index contributed by atoms with van der Waals surface area (Å²) in [5.74, 6) is -0.144. The van der Waals surface area contributed by atoms with Crippen LogP contribution in [0.25, 0.3) is 10.9 Å². The monoisotopic (exact) mass is 286 g/mol. The number of hydrogen-bond donors (Lipinski definition) is 3. The standard InChI is InChI=1S/C15H18N4O2/c1-15(2,14(16)19-21)9-18-13(20)11-7-8-17-12-6-4-3-5-10(11)12/h3-8,21H,9H2,1-2H3,(H2,16,19)(H,18,20). The number of aromatic nitrogens is 1. The quantitative estimate of drug-likeness (QED) is 0.345. The van der Waals surface area contributed by atoms with Crippen molar-refractivity contribution in [2.75, 3.05) is 6.54 Å². The molecule has 2 aromatic rings. The van der Waals surface area contributed by atoms with Crippen LogP contribution < -0.4 is 11.1 Å². The Labute approximate surface area is 122 Å². The first-order valence-corrected chi connectivity index (χ1v) is 6.55. The van der Waals surface area contributed by atoms with Gasteiger partial charge in [0.05, 0.1) is 11.1 Å². The van der Waals surface area contributed by atoms with Crippen molar-refractivity contribution in [3.05, 3.63) is 42.1 Å². The number of carbonyl (C=O) groups excluding carboxylic acids is 1. The minimum Gasteiger partial charge on any atom is -0.409 e. The molecule has 1 amide bonds. The number of hydrogen-bond acceptors (Lipinski definition) is 4. The molecule has 0 saturated heterocycles. The third kappa shape index (κ3) is 3.10. The van der Waals surface area contributed by atoms with Crippen molar-refractivity contribution in [1.29, 1.82) is 0 Å². The Morgan fingerprint density at radius 3 is 2.81 bits per heavy atom. The lowest BCUT2D eigenvalue weighted by molar-refractivity contribution is 0.0946. The Morgan fingerprint density at radius 2 is 2.10 bits per heavy atom. The Morgan fingerprint density at radius 1 is 1.38 bits per heavy atom. The summed E-state index contributed by atoms with van der Waals surface area (Å²) in [6, 6.07) is 9.12. The van der Waals surface area contributed by atoms with Crippen molar-refractivity contribution in [2.45, 2.75) is 13.8 Å². The van der Waals surface area contributed by atoms with Crippen LogP contribution in [-0.2, 0) is 0 Å². The summed E-state index contributed by atoms with van der Waals surface area (Å²) in [5, 5.41) is 15.3. The van der Waals surface area contributed by atoms with Crippen molar-refractivity contribution < 1.29 is 10.0 Å². The zero-order valence-electron chi connectivity index (χ0n) is 12.0. The van der Waals surface area contributed by atoms with Crippen molar-refractivity contribution in [1.82, 2.24) is 10.3 Å². The average molecular weight is 286 g/mol. The first-order chi connectivity index (χ1) is 9.95. The van der Waals surface area contributed by atoms with Crippen molar-refractivity contribution in [2.24, 2.45) is 16.3 Å². The summed E-state index contributed by atoms with van der Waals surface area (Å²) < 4.78 is 0. The van der Waals surface area contributed by atoms with Crippen molar-refractivity contribution >= 4 is 22.6 Å². The van der Waals surface area contributed by atoms with E-state index in [-0.39, 0.29) is 18.3 Å². The number of rotatable bonds is 4. The van der Waals surface area contributed by atoms with Crippen LogP contribution in [0.4, 0.5) is 0 Å². The number of fused-ring (bicyclic) bond motifs is 1. The molecule has 110 valence electrons. The molecule has 0 spiro atoms. The second-order valence-electron chi connectivity index (χ2n) is 5.43. The van der Waals surface area contributed by atoms with E-state index in [1.807, 2.05) is 24.3 Å². The molecule has 0 aliphatic carbocycles. The van der Waals surface area contributed by atoms with Crippen LogP contribution in [0.15, 0.2) is 41.7 Å². The smallest absolute Gasteiger partial charge is 0.252 e. The second kappa shape index (κ2) is 5.78. The SMILES string of the molecule is CC(C)(CNC(=O)c1ccnc2ccccc12)/C(N)=N/O. The summed E-state index contributed by atoms with van der Waals surface area (Å²) >= 11 is 0. The number of pyridine rings is 1. The van der Waals surface area contributed by atoms with Crippen LogP contribution in [0.2, 0.25) is 0 Å². The number of nitrogens with two attached hydrogens (primary N) is 1. The number of para-hydroxylation sites is 1. The number of benzene rings is 1. The lowest BCUT2D eigenvalue weighted by atomic mass is 9.92. The molecule has 0 radical (unpaired) electrons. The summed E-state index contributed by atoms with van der Waals surface area (Å²) in [5.41, 5.74) is 6.29. The largest absolute Gasteiger partial charge is 0.409 e. The normalized spacial score (nSPS) is 12.4. The summed E-state index contributed by atoms with van der Waals surface area (Å²) in [6.45, 7) is 3.83.